The van der Waals surface area contributed by atoms with E-state index in [2.05, 4.69) is 15.3 Å². The van der Waals surface area contributed by atoms with E-state index in [1.807, 2.05) is 37.3 Å². The first-order chi connectivity index (χ1) is 13.4. The summed E-state index contributed by atoms with van der Waals surface area (Å²) in [7, 11) is 0. The third-order valence-corrected chi connectivity index (χ3v) is 5.07. The van der Waals surface area contributed by atoms with E-state index in [0.717, 1.165) is 18.4 Å². The highest BCUT2D eigenvalue weighted by molar-refractivity contribution is 5.83. The second kappa shape index (κ2) is 8.71. The maximum absolute atomic E-state index is 13.4. The Kier molecular flexibility index (Phi) is 6.31. The molecule has 1 N–H and O–H groups in total. The quantitative estimate of drug-likeness (QED) is 0.802. The summed E-state index contributed by atoms with van der Waals surface area (Å²) in [6.07, 6.45) is -1.18. The first kappa shape index (κ1) is 20.3. The van der Waals surface area contributed by atoms with Gasteiger partial charge in [-0.05, 0) is 37.7 Å². The maximum atomic E-state index is 13.4. The van der Waals surface area contributed by atoms with Crippen LogP contribution in [-0.2, 0) is 30.2 Å². The van der Waals surface area contributed by atoms with Crippen LogP contribution in [0.4, 0.5) is 13.2 Å². The van der Waals surface area contributed by atoms with Gasteiger partial charge < -0.3 is 5.32 Å². The molecular formula is C21H24F3N3O. The molecule has 1 aliphatic carbocycles. The number of carbonyl (C=O) groups is 1. The fourth-order valence-electron chi connectivity index (χ4n) is 3.67. The van der Waals surface area contributed by atoms with Gasteiger partial charge in [-0.3, -0.25) is 4.79 Å². The zero-order valence-electron chi connectivity index (χ0n) is 15.9. The SMILES string of the molecule is CCC(C(=O)NCCc1nc2c(c(C(F)(F)F)n1)CCCC2)c1ccccc1. The zero-order chi connectivity index (χ0) is 20.1. The van der Waals surface area contributed by atoms with Crippen LogP contribution in [0.1, 0.15) is 60.4 Å². The van der Waals surface area contributed by atoms with Gasteiger partial charge in [0, 0.05) is 24.2 Å². The van der Waals surface area contributed by atoms with Crippen LogP contribution in [-0.4, -0.2) is 22.4 Å². The van der Waals surface area contributed by atoms with Crippen LogP contribution >= 0.6 is 0 Å². The lowest BCUT2D eigenvalue weighted by molar-refractivity contribution is -0.142. The number of hydrogen-bond donors (Lipinski definition) is 1. The summed E-state index contributed by atoms with van der Waals surface area (Å²) in [4.78, 5) is 20.6. The number of aryl methyl sites for hydroxylation is 1. The van der Waals surface area contributed by atoms with E-state index in [-0.39, 0.29) is 36.2 Å². The van der Waals surface area contributed by atoms with Crippen molar-refractivity contribution in [1.29, 1.82) is 0 Å². The van der Waals surface area contributed by atoms with Crippen LogP contribution in [0.3, 0.4) is 0 Å². The number of fused-ring (bicyclic) bond motifs is 1. The summed E-state index contributed by atoms with van der Waals surface area (Å²) in [6, 6.07) is 9.45. The maximum Gasteiger partial charge on any atom is 0.433 e. The average molecular weight is 391 g/mol. The standard InChI is InChI=1S/C21H24F3N3O/c1-2-15(14-8-4-3-5-9-14)20(28)25-13-12-18-26-17-11-7-6-10-16(17)19(27-18)21(22,23)24/h3-5,8-9,15H,2,6-7,10-13H2,1H3,(H,25,28). The summed E-state index contributed by atoms with van der Waals surface area (Å²) in [6.45, 7) is 2.14. The second-order valence-electron chi connectivity index (χ2n) is 7.03. The molecule has 0 aliphatic heterocycles. The number of rotatable bonds is 6. The molecule has 150 valence electrons. The number of nitrogens with zero attached hydrogens (tertiary/aromatic N) is 2. The lowest BCUT2D eigenvalue weighted by atomic mass is 9.94. The lowest BCUT2D eigenvalue weighted by Crippen LogP contribution is -2.31. The van der Waals surface area contributed by atoms with Gasteiger partial charge in [-0.2, -0.15) is 13.2 Å². The first-order valence-electron chi connectivity index (χ1n) is 9.68. The van der Waals surface area contributed by atoms with Gasteiger partial charge in [0.2, 0.25) is 5.91 Å². The van der Waals surface area contributed by atoms with Crippen molar-refractivity contribution in [3.8, 4) is 0 Å². The van der Waals surface area contributed by atoms with Crippen molar-refractivity contribution in [3.05, 3.63) is 58.7 Å². The van der Waals surface area contributed by atoms with Crippen LogP contribution < -0.4 is 5.32 Å². The Bertz CT molecular complexity index is 822. The van der Waals surface area contributed by atoms with E-state index in [9.17, 15) is 18.0 Å². The van der Waals surface area contributed by atoms with E-state index in [1.54, 1.807) is 0 Å². The third-order valence-electron chi connectivity index (χ3n) is 5.07. The Morgan fingerprint density at radius 1 is 1.14 bits per heavy atom. The van der Waals surface area contributed by atoms with Crippen molar-refractivity contribution in [2.24, 2.45) is 0 Å². The van der Waals surface area contributed by atoms with Crippen LogP contribution in [0.2, 0.25) is 0 Å². The number of nitrogens with one attached hydrogen (secondary N) is 1. The molecule has 2 aromatic rings. The molecule has 0 bridgehead atoms. The number of alkyl halides is 3. The van der Waals surface area contributed by atoms with E-state index < -0.39 is 11.9 Å². The molecule has 0 radical (unpaired) electrons. The molecule has 4 nitrogen and oxygen atoms in total. The largest absolute Gasteiger partial charge is 0.433 e. The topological polar surface area (TPSA) is 54.9 Å². The number of amides is 1. The van der Waals surface area contributed by atoms with Gasteiger partial charge >= 0.3 is 6.18 Å². The molecule has 1 aliphatic rings. The number of hydrogen-bond acceptors (Lipinski definition) is 3. The van der Waals surface area contributed by atoms with E-state index in [4.69, 9.17) is 0 Å². The first-order valence-corrected chi connectivity index (χ1v) is 9.68. The van der Waals surface area contributed by atoms with Gasteiger partial charge in [0.25, 0.3) is 0 Å². The van der Waals surface area contributed by atoms with E-state index >= 15 is 0 Å². The molecular weight excluding hydrogens is 367 g/mol. The van der Waals surface area contributed by atoms with Crippen molar-refractivity contribution in [2.45, 2.75) is 57.5 Å². The van der Waals surface area contributed by atoms with Crippen LogP contribution in [0.25, 0.3) is 0 Å². The Labute approximate surface area is 162 Å². The predicted molar refractivity (Wildman–Crippen MR) is 99.9 cm³/mol. The van der Waals surface area contributed by atoms with Gasteiger partial charge in [-0.1, -0.05) is 37.3 Å². The molecule has 0 spiro atoms. The minimum absolute atomic E-state index is 0.136. The molecule has 1 atom stereocenters. The second-order valence-corrected chi connectivity index (χ2v) is 7.03. The lowest BCUT2D eigenvalue weighted by Gasteiger charge is -2.20. The Morgan fingerprint density at radius 2 is 1.86 bits per heavy atom. The monoisotopic (exact) mass is 391 g/mol. The summed E-state index contributed by atoms with van der Waals surface area (Å²) in [5.74, 6) is -0.278. The van der Waals surface area contributed by atoms with E-state index in [1.165, 1.54) is 0 Å². The van der Waals surface area contributed by atoms with Gasteiger partial charge in [0.1, 0.15) is 5.82 Å². The van der Waals surface area contributed by atoms with Crippen molar-refractivity contribution in [1.82, 2.24) is 15.3 Å². The van der Waals surface area contributed by atoms with Gasteiger partial charge in [-0.25, -0.2) is 9.97 Å². The number of aromatic nitrogens is 2. The van der Waals surface area contributed by atoms with Gasteiger partial charge in [0.05, 0.1) is 5.92 Å². The summed E-state index contributed by atoms with van der Waals surface area (Å²) < 4.78 is 40.2. The molecule has 1 amide bonds. The highest BCUT2D eigenvalue weighted by atomic mass is 19.4. The molecule has 28 heavy (non-hydrogen) atoms. The molecule has 3 rings (SSSR count). The highest BCUT2D eigenvalue weighted by Gasteiger charge is 2.37. The molecule has 1 aromatic heterocycles. The molecule has 1 unspecified atom stereocenters. The molecule has 1 aromatic carbocycles. The van der Waals surface area contributed by atoms with Crippen molar-refractivity contribution in [2.75, 3.05) is 6.54 Å². The number of halogens is 3. The minimum Gasteiger partial charge on any atom is -0.355 e. The smallest absolute Gasteiger partial charge is 0.355 e. The van der Waals surface area contributed by atoms with Crippen LogP contribution in [0, 0.1) is 0 Å². The fourth-order valence-corrected chi connectivity index (χ4v) is 3.67. The van der Waals surface area contributed by atoms with Gasteiger partial charge in [0.15, 0.2) is 5.69 Å². The number of benzene rings is 1. The minimum atomic E-state index is -4.48. The summed E-state index contributed by atoms with van der Waals surface area (Å²) in [5.41, 5.74) is 0.855. The predicted octanol–water partition coefficient (Wildman–Crippen LogP) is 4.23. The average Bonchev–Trinajstić information content (AvgIpc) is 2.68. The summed E-state index contributed by atoms with van der Waals surface area (Å²) in [5, 5.41) is 2.82. The van der Waals surface area contributed by atoms with Crippen molar-refractivity contribution < 1.29 is 18.0 Å². The number of carbonyl (C=O) groups excluding carboxylic acids is 1. The molecule has 7 heteroatoms. The summed E-state index contributed by atoms with van der Waals surface area (Å²) >= 11 is 0. The van der Waals surface area contributed by atoms with Crippen molar-refractivity contribution in [3.63, 3.8) is 0 Å². The van der Waals surface area contributed by atoms with Gasteiger partial charge in [-0.15, -0.1) is 0 Å². The fraction of sp³-hybridized carbons (Fsp3) is 0.476. The molecule has 0 fully saturated rings. The molecule has 0 saturated heterocycles. The highest BCUT2D eigenvalue weighted by Crippen LogP contribution is 2.34. The van der Waals surface area contributed by atoms with E-state index in [0.29, 0.717) is 25.0 Å². The zero-order valence-corrected chi connectivity index (χ0v) is 15.9. The Hall–Kier alpha value is -2.44. The molecule has 0 saturated carbocycles. The molecule has 1 heterocycles. The Morgan fingerprint density at radius 3 is 2.54 bits per heavy atom. The normalized spacial score (nSPS) is 15.0. The van der Waals surface area contributed by atoms with Crippen LogP contribution in [0.5, 0.6) is 0 Å². The third kappa shape index (κ3) is 4.69. The Balaban J connectivity index is 1.68. The van der Waals surface area contributed by atoms with Crippen LogP contribution in [0.15, 0.2) is 30.3 Å². The van der Waals surface area contributed by atoms with Crippen molar-refractivity contribution >= 4 is 5.91 Å².